The van der Waals surface area contributed by atoms with E-state index in [1.807, 2.05) is 24.3 Å². The van der Waals surface area contributed by atoms with Crippen LogP contribution < -0.4 is 0 Å². The van der Waals surface area contributed by atoms with E-state index in [2.05, 4.69) is 50.0 Å². The molecule has 5 heteroatoms. The molecule has 0 N–H and O–H groups in total. The SMILES string of the molecule is CC(C)\C=C/C=N/N=C1\SCC(=O)N1Cc1ccccc1C(C)C. The van der Waals surface area contributed by atoms with Crippen LogP contribution in [-0.4, -0.2) is 27.9 Å². The van der Waals surface area contributed by atoms with Crippen LogP contribution in [0, 0.1) is 5.92 Å². The van der Waals surface area contributed by atoms with Gasteiger partial charge < -0.3 is 0 Å². The third kappa shape index (κ3) is 5.06. The highest BCUT2D eigenvalue weighted by Crippen LogP contribution is 2.25. The van der Waals surface area contributed by atoms with Crippen LogP contribution in [0.1, 0.15) is 44.7 Å². The van der Waals surface area contributed by atoms with Crippen LogP contribution in [0.2, 0.25) is 0 Å². The first-order valence-corrected chi connectivity index (χ1v) is 9.26. The van der Waals surface area contributed by atoms with Crippen molar-refractivity contribution < 1.29 is 4.79 Å². The Labute approximate surface area is 148 Å². The molecule has 0 spiro atoms. The Balaban J connectivity index is 2.14. The van der Waals surface area contributed by atoms with E-state index in [1.165, 1.54) is 22.9 Å². The number of allylic oxidation sites excluding steroid dienone is 2. The van der Waals surface area contributed by atoms with Gasteiger partial charge in [-0.2, -0.15) is 5.10 Å². The van der Waals surface area contributed by atoms with Gasteiger partial charge in [0, 0.05) is 6.21 Å². The molecule has 1 fully saturated rings. The Morgan fingerprint density at radius 3 is 2.71 bits per heavy atom. The van der Waals surface area contributed by atoms with Gasteiger partial charge in [-0.3, -0.25) is 9.69 Å². The zero-order valence-electron chi connectivity index (χ0n) is 14.8. The number of amides is 1. The van der Waals surface area contributed by atoms with Crippen molar-refractivity contribution in [3.63, 3.8) is 0 Å². The van der Waals surface area contributed by atoms with E-state index in [4.69, 9.17) is 0 Å². The van der Waals surface area contributed by atoms with Crippen molar-refractivity contribution in [3.05, 3.63) is 47.5 Å². The molecule has 1 amide bonds. The van der Waals surface area contributed by atoms with Gasteiger partial charge in [0.25, 0.3) is 0 Å². The molecule has 1 saturated heterocycles. The van der Waals surface area contributed by atoms with E-state index in [0.717, 1.165) is 0 Å². The number of carbonyl (C=O) groups is 1. The summed E-state index contributed by atoms with van der Waals surface area (Å²) in [5.41, 5.74) is 2.43. The number of hydrogen-bond donors (Lipinski definition) is 0. The molecule has 1 aliphatic rings. The first-order valence-electron chi connectivity index (χ1n) is 8.27. The maximum absolute atomic E-state index is 12.2. The summed E-state index contributed by atoms with van der Waals surface area (Å²) >= 11 is 1.44. The van der Waals surface area contributed by atoms with Gasteiger partial charge in [-0.25, -0.2) is 0 Å². The van der Waals surface area contributed by atoms with Gasteiger partial charge in [0.2, 0.25) is 5.91 Å². The number of carbonyl (C=O) groups excluding carboxylic acids is 1. The molecule has 0 unspecified atom stereocenters. The molecule has 24 heavy (non-hydrogen) atoms. The van der Waals surface area contributed by atoms with Crippen molar-refractivity contribution in [2.45, 2.75) is 40.2 Å². The molecule has 0 aromatic heterocycles. The van der Waals surface area contributed by atoms with E-state index in [9.17, 15) is 4.79 Å². The fraction of sp³-hybridized carbons (Fsp3) is 0.421. The lowest BCUT2D eigenvalue weighted by atomic mass is 9.97. The second-order valence-electron chi connectivity index (χ2n) is 6.40. The van der Waals surface area contributed by atoms with E-state index in [1.54, 1.807) is 11.1 Å². The Bertz CT molecular complexity index is 662. The maximum Gasteiger partial charge on any atom is 0.239 e. The Kier molecular flexibility index (Phi) is 6.79. The van der Waals surface area contributed by atoms with Gasteiger partial charge in [-0.15, -0.1) is 5.10 Å². The molecule has 1 aliphatic heterocycles. The predicted octanol–water partition coefficient (Wildman–Crippen LogP) is 4.44. The van der Waals surface area contributed by atoms with Gasteiger partial charge in [0.15, 0.2) is 5.17 Å². The molecule has 2 rings (SSSR count). The number of rotatable bonds is 6. The molecular weight excluding hydrogens is 318 g/mol. The molecule has 0 bridgehead atoms. The number of amidine groups is 1. The van der Waals surface area contributed by atoms with Crippen molar-refractivity contribution in [1.82, 2.24) is 4.90 Å². The second-order valence-corrected chi connectivity index (χ2v) is 7.34. The molecular formula is C19H25N3OS. The van der Waals surface area contributed by atoms with Crippen LogP contribution in [0.3, 0.4) is 0 Å². The summed E-state index contributed by atoms with van der Waals surface area (Å²) in [4.78, 5) is 13.9. The second kappa shape index (κ2) is 8.83. The third-order valence-electron chi connectivity index (χ3n) is 3.65. The smallest absolute Gasteiger partial charge is 0.239 e. The van der Waals surface area contributed by atoms with Crippen LogP contribution in [0.4, 0.5) is 0 Å². The summed E-state index contributed by atoms with van der Waals surface area (Å²) in [6.45, 7) is 9.10. The molecule has 0 aliphatic carbocycles. The Morgan fingerprint density at radius 2 is 2.00 bits per heavy atom. The maximum atomic E-state index is 12.2. The van der Waals surface area contributed by atoms with E-state index in [-0.39, 0.29) is 5.91 Å². The largest absolute Gasteiger partial charge is 0.285 e. The number of benzene rings is 1. The van der Waals surface area contributed by atoms with Crippen LogP contribution in [0.25, 0.3) is 0 Å². The summed E-state index contributed by atoms with van der Waals surface area (Å²) in [5, 5.41) is 8.97. The van der Waals surface area contributed by atoms with Crippen LogP contribution >= 0.6 is 11.8 Å². The Morgan fingerprint density at radius 1 is 1.25 bits per heavy atom. The van der Waals surface area contributed by atoms with E-state index >= 15 is 0 Å². The average Bonchev–Trinajstić information content (AvgIpc) is 2.88. The lowest BCUT2D eigenvalue weighted by Crippen LogP contribution is -2.29. The Hall–Kier alpha value is -1.88. The van der Waals surface area contributed by atoms with E-state index < -0.39 is 0 Å². The van der Waals surface area contributed by atoms with Gasteiger partial charge in [-0.05, 0) is 29.0 Å². The summed E-state index contributed by atoms with van der Waals surface area (Å²) in [7, 11) is 0. The predicted molar refractivity (Wildman–Crippen MR) is 103 cm³/mol. The zero-order valence-corrected chi connectivity index (χ0v) is 15.6. The monoisotopic (exact) mass is 343 g/mol. The van der Waals surface area contributed by atoms with Crippen LogP contribution in [0.5, 0.6) is 0 Å². The number of thioether (sulfide) groups is 1. The summed E-state index contributed by atoms with van der Waals surface area (Å²) in [6.07, 6.45) is 5.60. The number of hydrogen-bond acceptors (Lipinski definition) is 4. The first kappa shape index (κ1) is 18.5. The average molecular weight is 343 g/mol. The highest BCUT2D eigenvalue weighted by molar-refractivity contribution is 8.15. The summed E-state index contributed by atoms with van der Waals surface area (Å²) < 4.78 is 0. The standard InChI is InChI=1S/C19H25N3OS/c1-14(2)8-7-11-20-21-19-22(18(23)13-24-19)12-16-9-5-6-10-17(16)15(3)4/h5-11,14-15H,12-13H2,1-4H3/b8-7-,20-11+,21-19-. The quantitative estimate of drug-likeness (QED) is 0.566. The van der Waals surface area contributed by atoms with Gasteiger partial charge in [0.05, 0.1) is 12.3 Å². The molecule has 1 aromatic rings. The minimum absolute atomic E-state index is 0.0882. The van der Waals surface area contributed by atoms with Crippen molar-refractivity contribution in [2.75, 3.05) is 5.75 Å². The zero-order chi connectivity index (χ0) is 17.5. The van der Waals surface area contributed by atoms with Crippen molar-refractivity contribution in [1.29, 1.82) is 0 Å². The van der Waals surface area contributed by atoms with E-state index in [0.29, 0.717) is 29.3 Å². The highest BCUT2D eigenvalue weighted by atomic mass is 32.2. The minimum Gasteiger partial charge on any atom is -0.285 e. The van der Waals surface area contributed by atoms with Crippen LogP contribution in [-0.2, 0) is 11.3 Å². The molecule has 1 heterocycles. The van der Waals surface area contributed by atoms with Crippen LogP contribution in [0.15, 0.2) is 46.6 Å². The van der Waals surface area contributed by atoms with Gasteiger partial charge in [0.1, 0.15) is 0 Å². The minimum atomic E-state index is 0.0882. The fourth-order valence-electron chi connectivity index (χ4n) is 2.43. The van der Waals surface area contributed by atoms with Gasteiger partial charge >= 0.3 is 0 Å². The highest BCUT2D eigenvalue weighted by Gasteiger charge is 2.29. The molecule has 0 atom stereocenters. The molecule has 1 aromatic carbocycles. The molecule has 0 radical (unpaired) electrons. The van der Waals surface area contributed by atoms with Crippen molar-refractivity contribution in [3.8, 4) is 0 Å². The van der Waals surface area contributed by atoms with Gasteiger partial charge in [-0.1, -0.05) is 69.8 Å². The third-order valence-corrected chi connectivity index (χ3v) is 4.61. The normalized spacial score (nSPS) is 17.5. The molecule has 0 saturated carbocycles. The summed E-state index contributed by atoms with van der Waals surface area (Å²) in [6, 6.07) is 8.26. The lowest BCUT2D eigenvalue weighted by Gasteiger charge is -2.19. The summed E-state index contributed by atoms with van der Waals surface area (Å²) in [5.74, 6) is 1.42. The topological polar surface area (TPSA) is 45.0 Å². The number of nitrogens with zero attached hydrogens (tertiary/aromatic N) is 3. The first-order chi connectivity index (χ1) is 11.5. The molecule has 4 nitrogen and oxygen atoms in total. The van der Waals surface area contributed by atoms with Crippen molar-refractivity contribution in [2.24, 2.45) is 16.1 Å². The fourth-order valence-corrected chi connectivity index (χ4v) is 3.27. The van der Waals surface area contributed by atoms with Crippen molar-refractivity contribution >= 4 is 29.1 Å². The lowest BCUT2D eigenvalue weighted by molar-refractivity contribution is -0.124. The molecule has 128 valence electrons.